The van der Waals surface area contributed by atoms with Crippen LogP contribution in [0.5, 0.6) is 0 Å². The molecule has 1 N–H and O–H groups in total. The van der Waals surface area contributed by atoms with Gasteiger partial charge in [0.15, 0.2) is 0 Å². The molecule has 0 aromatic carbocycles. The Bertz CT molecular complexity index is 156. The minimum atomic E-state index is 0.689. The zero-order valence-corrected chi connectivity index (χ0v) is 10.3. The van der Waals surface area contributed by atoms with Crippen LogP contribution in [0.25, 0.3) is 0 Å². The van der Waals surface area contributed by atoms with Gasteiger partial charge in [0.2, 0.25) is 0 Å². The third-order valence-electron chi connectivity index (χ3n) is 2.96. The van der Waals surface area contributed by atoms with Gasteiger partial charge >= 0.3 is 0 Å². The van der Waals surface area contributed by atoms with Gasteiger partial charge in [-0.3, -0.25) is 9.80 Å². The van der Waals surface area contributed by atoms with Crippen LogP contribution in [-0.4, -0.2) is 69.0 Å². The molecule has 1 aliphatic heterocycles. The molecule has 0 aromatic rings. The van der Waals surface area contributed by atoms with Crippen molar-refractivity contribution < 1.29 is 4.74 Å². The molecule has 1 heterocycles. The summed E-state index contributed by atoms with van der Waals surface area (Å²) in [6.45, 7) is 12.0. The summed E-state index contributed by atoms with van der Waals surface area (Å²) in [7, 11) is 1.74. The normalized spacial score (nSPS) is 20.0. The zero-order valence-electron chi connectivity index (χ0n) is 10.3. The van der Waals surface area contributed by atoms with Gasteiger partial charge in [0.05, 0.1) is 6.61 Å². The Labute approximate surface area is 93.6 Å². The summed E-state index contributed by atoms with van der Waals surface area (Å²) in [5.74, 6) is 0. The number of nitrogens with zero attached hydrogens (tertiary/aromatic N) is 2. The molecule has 0 radical (unpaired) electrons. The van der Waals surface area contributed by atoms with E-state index in [1.165, 1.54) is 26.2 Å². The molecule has 1 aliphatic rings. The van der Waals surface area contributed by atoms with Crippen molar-refractivity contribution in [3.8, 4) is 0 Å². The van der Waals surface area contributed by atoms with E-state index in [4.69, 9.17) is 4.74 Å². The number of hydrogen-bond acceptors (Lipinski definition) is 4. The van der Waals surface area contributed by atoms with Crippen molar-refractivity contribution in [2.75, 3.05) is 53.1 Å². The summed E-state index contributed by atoms with van der Waals surface area (Å²) in [6, 6.07) is 0.689. The maximum absolute atomic E-state index is 4.99. The van der Waals surface area contributed by atoms with Gasteiger partial charge in [-0.15, -0.1) is 0 Å². The largest absolute Gasteiger partial charge is 0.383 e. The first-order chi connectivity index (χ1) is 7.24. The van der Waals surface area contributed by atoms with Gasteiger partial charge in [-0.2, -0.15) is 0 Å². The SMILES string of the molecule is COCCNCN1CCN(C(C)C)CC1. The van der Waals surface area contributed by atoms with Crippen molar-refractivity contribution >= 4 is 0 Å². The lowest BCUT2D eigenvalue weighted by atomic mass is 10.2. The number of nitrogens with one attached hydrogen (secondary N) is 1. The predicted octanol–water partition coefficient (Wildman–Crippen LogP) is 0.206. The average molecular weight is 215 g/mol. The maximum atomic E-state index is 4.99. The van der Waals surface area contributed by atoms with Crippen LogP contribution >= 0.6 is 0 Å². The minimum Gasteiger partial charge on any atom is -0.383 e. The number of methoxy groups -OCH3 is 1. The van der Waals surface area contributed by atoms with Gasteiger partial charge in [-0.05, 0) is 13.8 Å². The van der Waals surface area contributed by atoms with Crippen LogP contribution in [0.1, 0.15) is 13.8 Å². The highest BCUT2D eigenvalue weighted by atomic mass is 16.5. The summed E-state index contributed by atoms with van der Waals surface area (Å²) in [5.41, 5.74) is 0. The summed E-state index contributed by atoms with van der Waals surface area (Å²) in [4.78, 5) is 5.00. The van der Waals surface area contributed by atoms with Gasteiger partial charge in [0.1, 0.15) is 0 Å². The maximum Gasteiger partial charge on any atom is 0.0587 e. The molecule has 0 spiro atoms. The Morgan fingerprint density at radius 2 is 1.87 bits per heavy atom. The van der Waals surface area contributed by atoms with Crippen molar-refractivity contribution in [3.05, 3.63) is 0 Å². The third kappa shape index (κ3) is 4.93. The molecule has 0 bridgehead atoms. The van der Waals surface area contributed by atoms with Gasteiger partial charge in [0, 0.05) is 52.5 Å². The lowest BCUT2D eigenvalue weighted by Gasteiger charge is -2.36. The first kappa shape index (κ1) is 12.9. The molecular formula is C11H25N3O. The first-order valence-electron chi connectivity index (χ1n) is 5.90. The second-order valence-corrected chi connectivity index (χ2v) is 4.40. The van der Waals surface area contributed by atoms with Crippen LogP contribution in [0.4, 0.5) is 0 Å². The molecule has 0 aliphatic carbocycles. The zero-order chi connectivity index (χ0) is 11.1. The van der Waals surface area contributed by atoms with Gasteiger partial charge in [0.25, 0.3) is 0 Å². The monoisotopic (exact) mass is 215 g/mol. The number of hydrogen-bond donors (Lipinski definition) is 1. The highest BCUT2D eigenvalue weighted by molar-refractivity contribution is 4.73. The van der Waals surface area contributed by atoms with E-state index in [0.717, 1.165) is 19.8 Å². The molecule has 1 rings (SSSR count). The standard InChI is InChI=1S/C11H25N3O/c1-11(2)14-7-5-13(6-8-14)10-12-4-9-15-3/h11-12H,4-10H2,1-3H3. The third-order valence-corrected chi connectivity index (χ3v) is 2.96. The highest BCUT2D eigenvalue weighted by Gasteiger charge is 2.17. The van der Waals surface area contributed by atoms with Crippen LogP contribution < -0.4 is 5.32 Å². The minimum absolute atomic E-state index is 0.689. The fourth-order valence-electron chi connectivity index (χ4n) is 1.85. The molecule has 0 saturated carbocycles. The molecule has 1 fully saturated rings. The van der Waals surface area contributed by atoms with Crippen molar-refractivity contribution in [3.63, 3.8) is 0 Å². The average Bonchev–Trinajstić information content (AvgIpc) is 2.25. The summed E-state index contributed by atoms with van der Waals surface area (Å²) in [6.07, 6.45) is 0. The molecule has 0 unspecified atom stereocenters. The molecular weight excluding hydrogens is 190 g/mol. The second kappa shape index (κ2) is 7.17. The fraction of sp³-hybridized carbons (Fsp3) is 1.00. The second-order valence-electron chi connectivity index (χ2n) is 4.40. The van der Waals surface area contributed by atoms with Crippen molar-refractivity contribution in [2.45, 2.75) is 19.9 Å². The Morgan fingerprint density at radius 1 is 1.20 bits per heavy atom. The van der Waals surface area contributed by atoms with Crippen molar-refractivity contribution in [2.24, 2.45) is 0 Å². The lowest BCUT2D eigenvalue weighted by Crippen LogP contribution is -2.51. The number of ether oxygens (including phenoxy) is 1. The van der Waals surface area contributed by atoms with Crippen LogP contribution in [0.2, 0.25) is 0 Å². The molecule has 90 valence electrons. The fourth-order valence-corrected chi connectivity index (χ4v) is 1.85. The van der Waals surface area contributed by atoms with Crippen molar-refractivity contribution in [1.82, 2.24) is 15.1 Å². The van der Waals surface area contributed by atoms with Gasteiger partial charge in [-0.25, -0.2) is 0 Å². The molecule has 0 aromatic heterocycles. The van der Waals surface area contributed by atoms with Crippen LogP contribution in [0, 0.1) is 0 Å². The van der Waals surface area contributed by atoms with Gasteiger partial charge in [-0.1, -0.05) is 0 Å². The molecule has 1 saturated heterocycles. The Kier molecular flexibility index (Phi) is 6.17. The van der Waals surface area contributed by atoms with Crippen LogP contribution in [0.3, 0.4) is 0 Å². The van der Waals surface area contributed by atoms with E-state index in [1.54, 1.807) is 7.11 Å². The number of piperazine rings is 1. The van der Waals surface area contributed by atoms with E-state index >= 15 is 0 Å². The lowest BCUT2D eigenvalue weighted by molar-refractivity contribution is 0.0998. The highest BCUT2D eigenvalue weighted by Crippen LogP contribution is 2.04. The van der Waals surface area contributed by atoms with E-state index in [0.29, 0.717) is 6.04 Å². The van der Waals surface area contributed by atoms with E-state index in [9.17, 15) is 0 Å². The topological polar surface area (TPSA) is 27.7 Å². The van der Waals surface area contributed by atoms with E-state index in [-0.39, 0.29) is 0 Å². The van der Waals surface area contributed by atoms with Gasteiger partial charge < -0.3 is 10.1 Å². The Balaban J connectivity index is 2.04. The van der Waals surface area contributed by atoms with Crippen LogP contribution in [-0.2, 0) is 4.74 Å². The summed E-state index contributed by atoms with van der Waals surface area (Å²) < 4.78 is 4.99. The van der Waals surface area contributed by atoms with E-state index in [2.05, 4.69) is 29.0 Å². The number of rotatable bonds is 6. The smallest absolute Gasteiger partial charge is 0.0587 e. The van der Waals surface area contributed by atoms with E-state index in [1.807, 2.05) is 0 Å². The first-order valence-corrected chi connectivity index (χ1v) is 5.90. The van der Waals surface area contributed by atoms with Crippen molar-refractivity contribution in [1.29, 1.82) is 0 Å². The molecule has 0 atom stereocenters. The molecule has 4 heteroatoms. The summed E-state index contributed by atoms with van der Waals surface area (Å²) >= 11 is 0. The summed E-state index contributed by atoms with van der Waals surface area (Å²) in [5, 5.41) is 3.38. The molecule has 0 amide bonds. The quantitative estimate of drug-likeness (QED) is 0.641. The molecule has 15 heavy (non-hydrogen) atoms. The van der Waals surface area contributed by atoms with Crippen LogP contribution in [0.15, 0.2) is 0 Å². The Hall–Kier alpha value is -0.160. The predicted molar refractivity (Wildman–Crippen MR) is 63.0 cm³/mol. The molecule has 4 nitrogen and oxygen atoms in total. The van der Waals surface area contributed by atoms with E-state index < -0.39 is 0 Å². The Morgan fingerprint density at radius 3 is 2.40 bits per heavy atom.